The van der Waals surface area contributed by atoms with Gasteiger partial charge in [0.15, 0.2) is 6.61 Å². The van der Waals surface area contributed by atoms with E-state index in [2.05, 4.69) is 10.6 Å². The van der Waals surface area contributed by atoms with Crippen molar-refractivity contribution in [3.63, 3.8) is 0 Å². The Morgan fingerprint density at radius 1 is 1.15 bits per heavy atom. The molecule has 0 radical (unpaired) electrons. The van der Waals surface area contributed by atoms with Gasteiger partial charge in [-0.25, -0.2) is 0 Å². The van der Waals surface area contributed by atoms with Crippen LogP contribution in [0.3, 0.4) is 0 Å². The third-order valence-corrected chi connectivity index (χ3v) is 3.46. The molecule has 138 valence electrons. The van der Waals surface area contributed by atoms with Crippen molar-refractivity contribution in [1.82, 2.24) is 5.32 Å². The Morgan fingerprint density at radius 2 is 1.85 bits per heavy atom. The lowest BCUT2D eigenvalue weighted by Crippen LogP contribution is -2.30. The fourth-order valence-electron chi connectivity index (χ4n) is 2.27. The standard InChI is InChI=1S/C21H21N3O3/c1-15(2)23-21(26)18-5-3-4-6-19(18)24-20(25)12-9-16-7-10-17(11-8-16)27-14-13-22/h3-12,15H,14H2,1-2H3,(H,23,26)(H,24,25)/b12-9+. The molecule has 0 fully saturated rings. The molecule has 2 N–H and O–H groups in total. The van der Waals surface area contributed by atoms with E-state index in [1.54, 1.807) is 54.6 Å². The number of benzene rings is 2. The van der Waals surface area contributed by atoms with Crippen molar-refractivity contribution in [2.75, 3.05) is 11.9 Å². The highest BCUT2D eigenvalue weighted by molar-refractivity contribution is 6.07. The Kier molecular flexibility index (Phi) is 7.15. The van der Waals surface area contributed by atoms with E-state index in [0.29, 0.717) is 17.0 Å². The van der Waals surface area contributed by atoms with Gasteiger partial charge >= 0.3 is 0 Å². The number of ether oxygens (including phenoxy) is 1. The molecule has 0 unspecified atom stereocenters. The minimum Gasteiger partial charge on any atom is -0.479 e. The normalized spacial score (nSPS) is 10.4. The highest BCUT2D eigenvalue weighted by atomic mass is 16.5. The quantitative estimate of drug-likeness (QED) is 0.738. The molecule has 2 aromatic rings. The van der Waals surface area contributed by atoms with Crippen molar-refractivity contribution in [2.24, 2.45) is 0 Å². The van der Waals surface area contributed by atoms with Gasteiger partial charge in [-0.2, -0.15) is 5.26 Å². The molecule has 6 nitrogen and oxygen atoms in total. The van der Waals surface area contributed by atoms with Gasteiger partial charge in [0.25, 0.3) is 5.91 Å². The number of nitriles is 1. The molecule has 0 aliphatic rings. The van der Waals surface area contributed by atoms with Crippen molar-refractivity contribution >= 4 is 23.6 Å². The van der Waals surface area contributed by atoms with Gasteiger partial charge in [-0.3, -0.25) is 9.59 Å². The third kappa shape index (κ3) is 6.33. The summed E-state index contributed by atoms with van der Waals surface area (Å²) in [6.45, 7) is 3.73. The van der Waals surface area contributed by atoms with Crippen molar-refractivity contribution < 1.29 is 14.3 Å². The van der Waals surface area contributed by atoms with Gasteiger partial charge < -0.3 is 15.4 Å². The highest BCUT2D eigenvalue weighted by Crippen LogP contribution is 2.16. The number of anilines is 1. The van der Waals surface area contributed by atoms with Gasteiger partial charge in [0, 0.05) is 12.1 Å². The van der Waals surface area contributed by atoms with Crippen LogP contribution in [0, 0.1) is 11.3 Å². The topological polar surface area (TPSA) is 91.2 Å². The zero-order valence-corrected chi connectivity index (χ0v) is 15.2. The van der Waals surface area contributed by atoms with Crippen LogP contribution in [-0.4, -0.2) is 24.5 Å². The Hall–Kier alpha value is -3.59. The SMILES string of the molecule is CC(C)NC(=O)c1ccccc1NC(=O)/C=C/c1ccc(OCC#N)cc1. The number of nitrogens with one attached hydrogen (secondary N) is 2. The van der Waals surface area contributed by atoms with Crippen LogP contribution in [0.25, 0.3) is 6.08 Å². The smallest absolute Gasteiger partial charge is 0.253 e. The maximum absolute atomic E-state index is 12.2. The molecule has 2 rings (SSSR count). The summed E-state index contributed by atoms with van der Waals surface area (Å²) in [6, 6.07) is 15.8. The molecule has 27 heavy (non-hydrogen) atoms. The summed E-state index contributed by atoms with van der Waals surface area (Å²) in [5.74, 6) is 0.00526. The predicted molar refractivity (Wildman–Crippen MR) is 104 cm³/mol. The summed E-state index contributed by atoms with van der Waals surface area (Å²) in [5.41, 5.74) is 1.66. The summed E-state index contributed by atoms with van der Waals surface area (Å²) in [4.78, 5) is 24.4. The van der Waals surface area contributed by atoms with Crippen molar-refractivity contribution in [3.05, 3.63) is 65.7 Å². The van der Waals surface area contributed by atoms with Crippen LogP contribution in [-0.2, 0) is 4.79 Å². The van der Waals surface area contributed by atoms with E-state index in [4.69, 9.17) is 10.00 Å². The Morgan fingerprint density at radius 3 is 2.52 bits per heavy atom. The maximum atomic E-state index is 12.2. The van der Waals surface area contributed by atoms with E-state index in [-0.39, 0.29) is 24.5 Å². The third-order valence-electron chi connectivity index (χ3n) is 3.46. The average Bonchev–Trinajstić information content (AvgIpc) is 2.65. The van der Waals surface area contributed by atoms with E-state index in [0.717, 1.165) is 5.56 Å². The largest absolute Gasteiger partial charge is 0.479 e. The van der Waals surface area contributed by atoms with E-state index in [9.17, 15) is 9.59 Å². The molecule has 0 aliphatic carbocycles. The van der Waals surface area contributed by atoms with Gasteiger partial charge in [0.2, 0.25) is 5.91 Å². The van der Waals surface area contributed by atoms with Crippen molar-refractivity contribution in [1.29, 1.82) is 5.26 Å². The first-order valence-electron chi connectivity index (χ1n) is 8.48. The number of nitrogens with zero attached hydrogens (tertiary/aromatic N) is 1. The zero-order valence-electron chi connectivity index (χ0n) is 15.2. The summed E-state index contributed by atoms with van der Waals surface area (Å²) in [5, 5.41) is 14.0. The number of amides is 2. The second kappa shape index (κ2) is 9.78. The lowest BCUT2D eigenvalue weighted by Gasteiger charge is -2.12. The highest BCUT2D eigenvalue weighted by Gasteiger charge is 2.12. The van der Waals surface area contributed by atoms with Crippen LogP contribution in [0.1, 0.15) is 29.8 Å². The Bertz CT molecular complexity index is 865. The first-order valence-corrected chi connectivity index (χ1v) is 8.48. The number of para-hydroxylation sites is 1. The van der Waals surface area contributed by atoms with E-state index >= 15 is 0 Å². The van der Waals surface area contributed by atoms with Crippen molar-refractivity contribution in [3.8, 4) is 11.8 Å². The first-order chi connectivity index (χ1) is 13.0. The molecular weight excluding hydrogens is 342 g/mol. The van der Waals surface area contributed by atoms with E-state index in [1.807, 2.05) is 19.9 Å². The number of carbonyl (C=O) groups excluding carboxylic acids is 2. The number of hydrogen-bond donors (Lipinski definition) is 2. The van der Waals surface area contributed by atoms with Gasteiger partial charge in [-0.05, 0) is 49.8 Å². The maximum Gasteiger partial charge on any atom is 0.253 e. The van der Waals surface area contributed by atoms with Gasteiger partial charge in [0.05, 0.1) is 11.3 Å². The minimum absolute atomic E-state index is 0.00117. The lowest BCUT2D eigenvalue weighted by molar-refractivity contribution is -0.111. The zero-order chi connectivity index (χ0) is 19.6. The molecular formula is C21H21N3O3. The van der Waals surface area contributed by atoms with Crippen LogP contribution in [0.4, 0.5) is 5.69 Å². The fourth-order valence-corrected chi connectivity index (χ4v) is 2.27. The van der Waals surface area contributed by atoms with Crippen LogP contribution in [0.5, 0.6) is 5.75 Å². The van der Waals surface area contributed by atoms with Gasteiger partial charge in [0.1, 0.15) is 11.8 Å². The van der Waals surface area contributed by atoms with Crippen LogP contribution in [0.15, 0.2) is 54.6 Å². The molecule has 2 aromatic carbocycles. The first kappa shape index (κ1) is 19.7. The molecule has 0 heterocycles. The van der Waals surface area contributed by atoms with Crippen molar-refractivity contribution in [2.45, 2.75) is 19.9 Å². The van der Waals surface area contributed by atoms with Crippen LogP contribution in [0.2, 0.25) is 0 Å². The predicted octanol–water partition coefficient (Wildman–Crippen LogP) is 3.38. The molecule has 0 saturated carbocycles. The van der Waals surface area contributed by atoms with Crippen LogP contribution < -0.4 is 15.4 Å². The summed E-state index contributed by atoms with van der Waals surface area (Å²) < 4.78 is 5.18. The minimum atomic E-state index is -0.343. The molecule has 0 aromatic heterocycles. The monoisotopic (exact) mass is 363 g/mol. The second-order valence-corrected chi connectivity index (χ2v) is 6.01. The summed E-state index contributed by atoms with van der Waals surface area (Å²) in [7, 11) is 0. The molecule has 2 amide bonds. The summed E-state index contributed by atoms with van der Waals surface area (Å²) >= 11 is 0. The van der Waals surface area contributed by atoms with Gasteiger partial charge in [-0.1, -0.05) is 24.3 Å². The molecule has 0 atom stereocenters. The molecule has 0 aliphatic heterocycles. The Balaban J connectivity index is 2.02. The average molecular weight is 363 g/mol. The van der Waals surface area contributed by atoms with E-state index in [1.165, 1.54) is 6.08 Å². The molecule has 0 saturated heterocycles. The number of rotatable bonds is 7. The molecule has 6 heteroatoms. The number of carbonyl (C=O) groups is 2. The molecule has 0 bridgehead atoms. The number of hydrogen-bond acceptors (Lipinski definition) is 4. The van der Waals surface area contributed by atoms with E-state index < -0.39 is 0 Å². The fraction of sp³-hybridized carbons (Fsp3) is 0.190. The lowest BCUT2D eigenvalue weighted by atomic mass is 10.1. The Labute approximate surface area is 158 Å². The molecule has 0 spiro atoms. The van der Waals surface area contributed by atoms with Crippen LogP contribution >= 0.6 is 0 Å². The summed E-state index contributed by atoms with van der Waals surface area (Å²) in [6.07, 6.45) is 3.04. The van der Waals surface area contributed by atoms with Gasteiger partial charge in [-0.15, -0.1) is 0 Å². The second-order valence-electron chi connectivity index (χ2n) is 6.01.